The van der Waals surface area contributed by atoms with E-state index in [2.05, 4.69) is 18.7 Å². The first-order valence-electron chi connectivity index (χ1n) is 6.35. The Labute approximate surface area is 113 Å². The minimum Gasteiger partial charge on any atom is -0.389 e. The van der Waals surface area contributed by atoms with Crippen molar-refractivity contribution in [3.8, 4) is 0 Å². The van der Waals surface area contributed by atoms with Gasteiger partial charge in [0.1, 0.15) is 10.8 Å². The molecule has 1 aromatic carbocycles. The molecule has 2 rings (SSSR count). The van der Waals surface area contributed by atoms with E-state index >= 15 is 0 Å². The predicted molar refractivity (Wildman–Crippen MR) is 77.5 cm³/mol. The van der Waals surface area contributed by atoms with Gasteiger partial charge in [-0.05, 0) is 43.9 Å². The van der Waals surface area contributed by atoms with E-state index in [-0.39, 0.29) is 10.8 Å². The molecule has 2 atom stereocenters. The number of rotatable bonds is 2. The van der Waals surface area contributed by atoms with Crippen molar-refractivity contribution < 1.29 is 4.39 Å². The van der Waals surface area contributed by atoms with Crippen molar-refractivity contribution in [2.45, 2.75) is 32.7 Å². The molecule has 98 valence electrons. The molecule has 0 spiro atoms. The van der Waals surface area contributed by atoms with Crippen molar-refractivity contribution in [3.05, 3.63) is 29.6 Å². The second kappa shape index (κ2) is 5.22. The molecule has 1 heterocycles. The number of benzene rings is 1. The van der Waals surface area contributed by atoms with Crippen LogP contribution in [0.4, 0.5) is 10.1 Å². The second-order valence-corrected chi connectivity index (χ2v) is 5.65. The van der Waals surface area contributed by atoms with Gasteiger partial charge >= 0.3 is 0 Å². The molecule has 1 aliphatic rings. The van der Waals surface area contributed by atoms with E-state index in [9.17, 15) is 4.39 Å². The molecule has 0 radical (unpaired) electrons. The molecule has 2 unspecified atom stereocenters. The Kier molecular flexibility index (Phi) is 3.85. The van der Waals surface area contributed by atoms with Crippen molar-refractivity contribution >= 4 is 22.9 Å². The third-order valence-electron chi connectivity index (χ3n) is 3.66. The van der Waals surface area contributed by atoms with Crippen molar-refractivity contribution in [3.63, 3.8) is 0 Å². The lowest BCUT2D eigenvalue weighted by Crippen LogP contribution is -2.41. The molecule has 2 N–H and O–H groups in total. The average Bonchev–Trinajstić information content (AvgIpc) is 2.32. The summed E-state index contributed by atoms with van der Waals surface area (Å²) in [5.74, 6) is 0.372. The lowest BCUT2D eigenvalue weighted by Gasteiger charge is -2.38. The van der Waals surface area contributed by atoms with Crippen molar-refractivity contribution in [2.75, 3.05) is 11.4 Å². The van der Waals surface area contributed by atoms with Crippen LogP contribution in [0.2, 0.25) is 0 Å². The van der Waals surface area contributed by atoms with Crippen LogP contribution in [0, 0.1) is 11.7 Å². The maximum absolute atomic E-state index is 14.1. The number of nitrogens with two attached hydrogens (primary N) is 1. The SMILES string of the molecule is CC1CCC(C)N(c2ccc(C(N)=S)cc2F)C1. The van der Waals surface area contributed by atoms with Gasteiger partial charge in [-0.3, -0.25) is 0 Å². The summed E-state index contributed by atoms with van der Waals surface area (Å²) >= 11 is 4.86. The van der Waals surface area contributed by atoms with Crippen LogP contribution >= 0.6 is 12.2 Å². The average molecular weight is 266 g/mol. The van der Waals surface area contributed by atoms with Gasteiger partial charge < -0.3 is 10.6 Å². The molecule has 18 heavy (non-hydrogen) atoms. The minimum atomic E-state index is -0.235. The fraction of sp³-hybridized carbons (Fsp3) is 0.500. The smallest absolute Gasteiger partial charge is 0.147 e. The highest BCUT2D eigenvalue weighted by atomic mass is 32.1. The van der Waals surface area contributed by atoms with Gasteiger partial charge in [-0.15, -0.1) is 0 Å². The molecule has 0 aromatic heterocycles. The Morgan fingerprint density at radius 1 is 1.39 bits per heavy atom. The summed E-state index contributed by atoms with van der Waals surface area (Å²) in [6.07, 6.45) is 2.32. The first kappa shape index (κ1) is 13.3. The van der Waals surface area contributed by atoms with Crippen LogP contribution in [-0.4, -0.2) is 17.6 Å². The third-order valence-corrected chi connectivity index (χ3v) is 3.90. The van der Waals surface area contributed by atoms with Gasteiger partial charge in [-0.1, -0.05) is 19.1 Å². The summed E-state index contributed by atoms with van der Waals surface area (Å²) in [4.78, 5) is 2.38. The number of anilines is 1. The van der Waals surface area contributed by atoms with Crippen LogP contribution in [0.25, 0.3) is 0 Å². The summed E-state index contributed by atoms with van der Waals surface area (Å²) in [5, 5.41) is 0. The first-order valence-corrected chi connectivity index (χ1v) is 6.76. The molecule has 4 heteroatoms. The zero-order chi connectivity index (χ0) is 13.3. The molecule has 0 saturated carbocycles. The lowest BCUT2D eigenvalue weighted by molar-refractivity contribution is 0.386. The van der Waals surface area contributed by atoms with E-state index in [1.54, 1.807) is 12.1 Å². The lowest BCUT2D eigenvalue weighted by atomic mass is 9.94. The van der Waals surface area contributed by atoms with E-state index in [0.29, 0.717) is 23.2 Å². The van der Waals surface area contributed by atoms with Gasteiger partial charge in [0.25, 0.3) is 0 Å². The molecule has 0 bridgehead atoms. The van der Waals surface area contributed by atoms with Gasteiger partial charge in [0.2, 0.25) is 0 Å². The summed E-state index contributed by atoms with van der Waals surface area (Å²) in [6, 6.07) is 5.40. The third kappa shape index (κ3) is 2.64. The Hall–Kier alpha value is -1.16. The minimum absolute atomic E-state index is 0.235. The van der Waals surface area contributed by atoms with Crippen molar-refractivity contribution in [2.24, 2.45) is 11.7 Å². The zero-order valence-electron chi connectivity index (χ0n) is 10.8. The van der Waals surface area contributed by atoms with Gasteiger partial charge in [-0.25, -0.2) is 4.39 Å². The zero-order valence-corrected chi connectivity index (χ0v) is 11.6. The molecular formula is C14H19FN2S. The number of hydrogen-bond acceptors (Lipinski definition) is 2. The van der Waals surface area contributed by atoms with Crippen LogP contribution in [-0.2, 0) is 0 Å². The van der Waals surface area contributed by atoms with E-state index in [1.165, 1.54) is 12.5 Å². The van der Waals surface area contributed by atoms with Crippen LogP contribution in [0.5, 0.6) is 0 Å². The number of hydrogen-bond donors (Lipinski definition) is 1. The normalized spacial score (nSPS) is 24.1. The highest BCUT2D eigenvalue weighted by Crippen LogP contribution is 2.29. The monoisotopic (exact) mass is 266 g/mol. The Morgan fingerprint density at radius 3 is 2.72 bits per heavy atom. The van der Waals surface area contributed by atoms with Crippen LogP contribution < -0.4 is 10.6 Å². The van der Waals surface area contributed by atoms with Gasteiger partial charge in [-0.2, -0.15) is 0 Å². The molecule has 2 nitrogen and oxygen atoms in total. The number of nitrogens with zero attached hydrogens (tertiary/aromatic N) is 1. The largest absolute Gasteiger partial charge is 0.389 e. The first-order chi connectivity index (χ1) is 8.49. The van der Waals surface area contributed by atoms with E-state index in [4.69, 9.17) is 18.0 Å². The van der Waals surface area contributed by atoms with Gasteiger partial charge in [0.15, 0.2) is 0 Å². The number of thiocarbonyl (C=S) groups is 1. The summed E-state index contributed by atoms with van der Waals surface area (Å²) in [5.41, 5.74) is 6.76. The van der Waals surface area contributed by atoms with E-state index in [1.807, 2.05) is 0 Å². The van der Waals surface area contributed by atoms with E-state index in [0.717, 1.165) is 13.0 Å². The quantitative estimate of drug-likeness (QED) is 0.834. The maximum Gasteiger partial charge on any atom is 0.147 e. The standard InChI is InChI=1S/C14H19FN2S/c1-9-3-4-10(2)17(8-9)13-6-5-11(14(16)18)7-12(13)15/h5-7,9-10H,3-4,8H2,1-2H3,(H2,16,18). The maximum atomic E-state index is 14.1. The highest BCUT2D eigenvalue weighted by molar-refractivity contribution is 7.80. The van der Waals surface area contributed by atoms with Gasteiger partial charge in [0, 0.05) is 18.2 Å². The molecule has 0 aliphatic carbocycles. The number of halogens is 1. The molecule has 1 aromatic rings. The molecular weight excluding hydrogens is 247 g/mol. The summed E-state index contributed by atoms with van der Waals surface area (Å²) < 4.78 is 14.1. The van der Waals surface area contributed by atoms with Gasteiger partial charge in [0.05, 0.1) is 5.69 Å². The summed E-state index contributed by atoms with van der Waals surface area (Å²) in [7, 11) is 0. The Balaban J connectivity index is 2.30. The molecule has 0 amide bonds. The highest BCUT2D eigenvalue weighted by Gasteiger charge is 2.25. The van der Waals surface area contributed by atoms with Crippen LogP contribution in [0.15, 0.2) is 18.2 Å². The molecule has 1 fully saturated rings. The second-order valence-electron chi connectivity index (χ2n) is 5.21. The van der Waals surface area contributed by atoms with Crippen molar-refractivity contribution in [1.82, 2.24) is 0 Å². The van der Waals surface area contributed by atoms with Crippen LogP contribution in [0.1, 0.15) is 32.3 Å². The fourth-order valence-electron chi connectivity index (χ4n) is 2.52. The molecule has 1 aliphatic heterocycles. The van der Waals surface area contributed by atoms with Crippen molar-refractivity contribution in [1.29, 1.82) is 0 Å². The number of piperidine rings is 1. The predicted octanol–water partition coefficient (Wildman–Crippen LogP) is 3.08. The van der Waals surface area contributed by atoms with E-state index < -0.39 is 0 Å². The topological polar surface area (TPSA) is 29.3 Å². The fourth-order valence-corrected chi connectivity index (χ4v) is 2.64. The van der Waals surface area contributed by atoms with Crippen LogP contribution in [0.3, 0.4) is 0 Å². The molecule has 1 saturated heterocycles. The summed E-state index contributed by atoms with van der Waals surface area (Å²) in [6.45, 7) is 5.26. The Morgan fingerprint density at radius 2 is 2.11 bits per heavy atom. The Bertz CT molecular complexity index is 461.